The fraction of sp³-hybridized carbons (Fsp3) is 0.333. The summed E-state index contributed by atoms with van der Waals surface area (Å²) < 4.78 is 0. The van der Waals surface area contributed by atoms with E-state index in [1.165, 1.54) is 22.4 Å². The molecule has 3 nitrogen and oxygen atoms in total. The Balaban J connectivity index is 1.44. The number of benzene rings is 1. The Morgan fingerprint density at radius 2 is 1.87 bits per heavy atom. The van der Waals surface area contributed by atoms with Gasteiger partial charge in [-0.3, -0.25) is 0 Å². The molecule has 2 saturated heterocycles. The monoisotopic (exact) mass is 399 g/mol. The number of nitrogens with zero attached hydrogens (tertiary/aromatic N) is 2. The molecule has 0 saturated carbocycles. The average molecular weight is 400 g/mol. The molecule has 2 aliphatic heterocycles. The van der Waals surface area contributed by atoms with Crippen molar-refractivity contribution in [2.24, 2.45) is 5.92 Å². The average Bonchev–Trinajstić information content (AvgIpc) is 3.10. The minimum absolute atomic E-state index is 0.287. The Hall–Kier alpha value is -2.94. The first-order valence-electron chi connectivity index (χ1n) is 10.9. The highest BCUT2D eigenvalue weighted by Gasteiger charge is 2.33. The van der Waals surface area contributed by atoms with Crippen LogP contribution in [0.25, 0.3) is 5.70 Å². The fourth-order valence-corrected chi connectivity index (χ4v) is 4.82. The summed E-state index contributed by atoms with van der Waals surface area (Å²) in [5, 5.41) is 3.62. The maximum Gasteiger partial charge on any atom is 0.0437 e. The number of nitrogens with one attached hydrogen (secondary N) is 1. The van der Waals surface area contributed by atoms with Gasteiger partial charge in [0.1, 0.15) is 0 Å². The van der Waals surface area contributed by atoms with Gasteiger partial charge in [-0.25, -0.2) is 0 Å². The SMILES string of the molecule is C=C(C(=C)N1CCN(C(=C)c2ccccc2)C[C@H]1C)C1CNC2=C(C)CC=CC=C21. The van der Waals surface area contributed by atoms with Crippen molar-refractivity contribution in [2.45, 2.75) is 26.3 Å². The van der Waals surface area contributed by atoms with Crippen LogP contribution in [0.1, 0.15) is 25.8 Å². The third-order valence-corrected chi connectivity index (χ3v) is 6.66. The summed E-state index contributed by atoms with van der Waals surface area (Å²) in [6.45, 7) is 21.5. The van der Waals surface area contributed by atoms with Crippen molar-refractivity contribution in [3.05, 3.63) is 102 Å². The molecule has 0 bridgehead atoms. The van der Waals surface area contributed by atoms with E-state index in [-0.39, 0.29) is 5.92 Å². The van der Waals surface area contributed by atoms with Crippen LogP contribution < -0.4 is 5.32 Å². The Morgan fingerprint density at radius 3 is 2.60 bits per heavy atom. The molecule has 0 aromatic heterocycles. The van der Waals surface area contributed by atoms with Crippen molar-refractivity contribution >= 4 is 5.70 Å². The van der Waals surface area contributed by atoms with Crippen molar-refractivity contribution in [2.75, 3.05) is 26.2 Å². The van der Waals surface area contributed by atoms with Crippen molar-refractivity contribution in [1.29, 1.82) is 0 Å². The Labute approximate surface area is 181 Å². The van der Waals surface area contributed by atoms with Gasteiger partial charge in [-0.15, -0.1) is 0 Å². The molecule has 0 radical (unpaired) electrons. The van der Waals surface area contributed by atoms with Crippen LogP contribution in [0.4, 0.5) is 0 Å². The van der Waals surface area contributed by atoms with E-state index in [4.69, 9.17) is 0 Å². The summed E-state index contributed by atoms with van der Waals surface area (Å²) in [6, 6.07) is 10.8. The van der Waals surface area contributed by atoms with E-state index in [0.29, 0.717) is 6.04 Å². The number of hydrogen-bond acceptors (Lipinski definition) is 3. The molecular formula is C27H33N3. The van der Waals surface area contributed by atoms with Crippen LogP contribution in [0.15, 0.2) is 96.4 Å². The highest BCUT2D eigenvalue weighted by Crippen LogP contribution is 2.37. The van der Waals surface area contributed by atoms with E-state index in [9.17, 15) is 0 Å². The van der Waals surface area contributed by atoms with Crippen molar-refractivity contribution in [3.8, 4) is 0 Å². The lowest BCUT2D eigenvalue weighted by atomic mass is 9.89. The van der Waals surface area contributed by atoms with Crippen LogP contribution in [-0.2, 0) is 0 Å². The first-order chi connectivity index (χ1) is 14.5. The van der Waals surface area contributed by atoms with Gasteiger partial charge in [0, 0.05) is 55.2 Å². The normalized spacial score (nSPS) is 23.5. The van der Waals surface area contributed by atoms with Gasteiger partial charge in [0.2, 0.25) is 0 Å². The van der Waals surface area contributed by atoms with Crippen LogP contribution in [0.2, 0.25) is 0 Å². The van der Waals surface area contributed by atoms with E-state index in [1.54, 1.807) is 0 Å². The fourth-order valence-electron chi connectivity index (χ4n) is 4.82. The summed E-state index contributed by atoms with van der Waals surface area (Å²) in [6.07, 6.45) is 7.66. The van der Waals surface area contributed by atoms with E-state index >= 15 is 0 Å². The smallest absolute Gasteiger partial charge is 0.0437 e. The molecule has 156 valence electrons. The van der Waals surface area contributed by atoms with Gasteiger partial charge in [-0.2, -0.15) is 0 Å². The maximum absolute atomic E-state index is 4.49. The zero-order valence-electron chi connectivity index (χ0n) is 18.3. The second-order valence-electron chi connectivity index (χ2n) is 8.62. The predicted octanol–water partition coefficient (Wildman–Crippen LogP) is 5.11. The lowest BCUT2D eigenvalue weighted by Gasteiger charge is -2.44. The molecule has 3 aliphatic rings. The number of fused-ring (bicyclic) bond motifs is 1. The summed E-state index contributed by atoms with van der Waals surface area (Å²) in [7, 11) is 0. The molecule has 2 fully saturated rings. The quantitative estimate of drug-likeness (QED) is 0.694. The molecule has 1 aromatic rings. The molecule has 4 rings (SSSR count). The van der Waals surface area contributed by atoms with E-state index < -0.39 is 0 Å². The molecule has 2 atom stereocenters. The van der Waals surface area contributed by atoms with Gasteiger partial charge in [0.15, 0.2) is 0 Å². The number of piperazine rings is 1. The summed E-state index contributed by atoms with van der Waals surface area (Å²) >= 11 is 0. The van der Waals surface area contributed by atoms with E-state index in [2.05, 4.69) is 91.2 Å². The third kappa shape index (κ3) is 3.77. The predicted molar refractivity (Wildman–Crippen MR) is 128 cm³/mol. The molecule has 30 heavy (non-hydrogen) atoms. The molecule has 1 unspecified atom stereocenters. The molecule has 0 spiro atoms. The minimum Gasteiger partial charge on any atom is -0.384 e. The summed E-state index contributed by atoms with van der Waals surface area (Å²) in [5.74, 6) is 0.287. The first-order valence-corrected chi connectivity index (χ1v) is 10.9. The molecular weight excluding hydrogens is 366 g/mol. The molecule has 1 aliphatic carbocycles. The van der Waals surface area contributed by atoms with Gasteiger partial charge >= 0.3 is 0 Å². The lowest BCUT2D eigenvalue weighted by molar-refractivity contribution is 0.155. The van der Waals surface area contributed by atoms with Crippen LogP contribution in [0, 0.1) is 5.92 Å². The maximum atomic E-state index is 4.49. The standard InChI is InChI=1S/C27H33N3/c1-19-11-9-10-14-25-26(17-28-27(19)25)21(3)22(4)30-16-15-29(18-20(30)2)23(5)24-12-7-6-8-13-24/h6-10,12-14,20,26,28H,3-5,11,15-18H2,1-2H3/t20-,26?/m1/s1. The van der Waals surface area contributed by atoms with Crippen LogP contribution in [0.5, 0.6) is 0 Å². The number of allylic oxidation sites excluding steroid dienone is 6. The van der Waals surface area contributed by atoms with Crippen LogP contribution in [0.3, 0.4) is 0 Å². The largest absolute Gasteiger partial charge is 0.384 e. The van der Waals surface area contributed by atoms with Gasteiger partial charge in [0.25, 0.3) is 0 Å². The van der Waals surface area contributed by atoms with Gasteiger partial charge in [-0.05, 0) is 42.6 Å². The van der Waals surface area contributed by atoms with Gasteiger partial charge in [-0.1, -0.05) is 68.3 Å². The van der Waals surface area contributed by atoms with Gasteiger partial charge < -0.3 is 15.1 Å². The minimum atomic E-state index is 0.287. The molecule has 2 heterocycles. The van der Waals surface area contributed by atoms with Crippen LogP contribution in [-0.4, -0.2) is 42.0 Å². The van der Waals surface area contributed by atoms with Gasteiger partial charge in [0.05, 0.1) is 0 Å². The van der Waals surface area contributed by atoms with Crippen LogP contribution >= 0.6 is 0 Å². The number of rotatable bonds is 5. The molecule has 1 N–H and O–H groups in total. The third-order valence-electron chi connectivity index (χ3n) is 6.66. The van der Waals surface area contributed by atoms with Crippen molar-refractivity contribution in [1.82, 2.24) is 15.1 Å². The summed E-state index contributed by atoms with van der Waals surface area (Å²) in [4.78, 5) is 4.82. The highest BCUT2D eigenvalue weighted by atomic mass is 15.3. The highest BCUT2D eigenvalue weighted by molar-refractivity contribution is 5.62. The Morgan fingerprint density at radius 1 is 1.10 bits per heavy atom. The van der Waals surface area contributed by atoms with E-state index in [1.807, 2.05) is 6.07 Å². The Kier molecular flexibility index (Phi) is 5.72. The number of hydrogen-bond donors (Lipinski definition) is 1. The Bertz CT molecular complexity index is 948. The molecule has 0 amide bonds. The lowest BCUT2D eigenvalue weighted by Crippen LogP contribution is -2.50. The molecule has 3 heteroatoms. The van der Waals surface area contributed by atoms with E-state index in [0.717, 1.165) is 49.6 Å². The second kappa shape index (κ2) is 8.43. The molecule has 1 aromatic carbocycles. The first kappa shape index (κ1) is 20.3. The zero-order valence-corrected chi connectivity index (χ0v) is 18.3. The van der Waals surface area contributed by atoms with Crippen molar-refractivity contribution < 1.29 is 0 Å². The van der Waals surface area contributed by atoms with Crippen molar-refractivity contribution in [3.63, 3.8) is 0 Å². The zero-order chi connectivity index (χ0) is 21.3. The summed E-state index contributed by atoms with van der Waals surface area (Å²) in [5.41, 5.74) is 8.57. The second-order valence-corrected chi connectivity index (χ2v) is 8.62. The topological polar surface area (TPSA) is 18.5 Å².